The molecule has 6 nitrogen and oxygen atoms in total. The molecule has 1 amide bonds. The summed E-state index contributed by atoms with van der Waals surface area (Å²) >= 11 is 0. The number of nitrogens with zero attached hydrogens (tertiary/aromatic N) is 1. The quantitative estimate of drug-likeness (QED) is 0.327. The summed E-state index contributed by atoms with van der Waals surface area (Å²) in [5.74, 6) is 3.24. The molecule has 3 atom stereocenters. The van der Waals surface area contributed by atoms with Gasteiger partial charge in [0.15, 0.2) is 5.96 Å². The third-order valence-corrected chi connectivity index (χ3v) is 5.20. The zero-order valence-electron chi connectivity index (χ0n) is 16.6. The molecule has 0 spiro atoms. The van der Waals surface area contributed by atoms with Crippen LogP contribution in [0, 0.1) is 11.8 Å². The zero-order valence-corrected chi connectivity index (χ0v) is 18.9. The van der Waals surface area contributed by atoms with Gasteiger partial charge >= 0.3 is 0 Å². The number of rotatable bonds is 6. The van der Waals surface area contributed by atoms with E-state index in [9.17, 15) is 4.79 Å². The number of guanidine groups is 1. The van der Waals surface area contributed by atoms with Gasteiger partial charge in [-0.2, -0.15) is 0 Å². The molecule has 2 bridgehead atoms. The summed E-state index contributed by atoms with van der Waals surface area (Å²) in [6.07, 6.45) is 7.72. The zero-order chi connectivity index (χ0) is 18.6. The highest BCUT2D eigenvalue weighted by molar-refractivity contribution is 14.0. The first-order valence-corrected chi connectivity index (χ1v) is 9.77. The number of furan rings is 1. The molecule has 1 heterocycles. The number of aliphatic imine (C=N–C) groups is 1. The summed E-state index contributed by atoms with van der Waals surface area (Å²) < 4.78 is 5.38. The Balaban J connectivity index is 0.00000261. The molecule has 3 unspecified atom stereocenters. The van der Waals surface area contributed by atoms with Gasteiger partial charge < -0.3 is 20.4 Å². The molecular weight excluding hydrogens is 455 g/mol. The average Bonchev–Trinajstić information content (AvgIpc) is 3.28. The molecule has 2 aliphatic carbocycles. The number of amides is 1. The van der Waals surface area contributed by atoms with Gasteiger partial charge in [0.05, 0.1) is 6.26 Å². The molecule has 2 saturated carbocycles. The predicted molar refractivity (Wildman–Crippen MR) is 118 cm³/mol. The van der Waals surface area contributed by atoms with Gasteiger partial charge in [-0.05, 0) is 64.0 Å². The van der Waals surface area contributed by atoms with Gasteiger partial charge in [0, 0.05) is 24.5 Å². The van der Waals surface area contributed by atoms with Crippen LogP contribution >= 0.6 is 24.0 Å². The highest BCUT2D eigenvalue weighted by atomic mass is 127. The molecule has 0 aliphatic heterocycles. The summed E-state index contributed by atoms with van der Waals surface area (Å²) in [5.41, 5.74) is -0.239. The lowest BCUT2D eigenvalue weighted by atomic mass is 9.95. The van der Waals surface area contributed by atoms with Gasteiger partial charge in [-0.15, -0.1) is 24.0 Å². The molecule has 0 saturated heterocycles. The SMILES string of the molecule is CC(C)(C)NC(=O)CN=C(NCCc1ccco1)NC1CC2CCC1C2.I. The summed E-state index contributed by atoms with van der Waals surface area (Å²) in [5, 5.41) is 9.89. The van der Waals surface area contributed by atoms with E-state index in [1.54, 1.807) is 6.26 Å². The van der Waals surface area contributed by atoms with Crippen molar-refractivity contribution in [2.45, 2.75) is 64.5 Å². The standard InChI is InChI=1S/C20H32N4O2.HI/c1-20(2,3)24-18(25)13-22-19(21-9-8-16-5-4-10-26-16)23-17-12-14-6-7-15(17)11-14;/h4-5,10,14-15,17H,6-9,11-13H2,1-3H3,(H,24,25)(H2,21,22,23);1H. The number of hydrogen-bond donors (Lipinski definition) is 3. The Labute approximate surface area is 179 Å². The van der Waals surface area contributed by atoms with Gasteiger partial charge in [-0.1, -0.05) is 6.42 Å². The minimum absolute atomic E-state index is 0. The van der Waals surface area contributed by atoms with E-state index in [0.717, 1.165) is 36.5 Å². The Morgan fingerprint density at radius 3 is 2.70 bits per heavy atom. The van der Waals surface area contributed by atoms with Crippen molar-refractivity contribution in [2.24, 2.45) is 16.8 Å². The van der Waals surface area contributed by atoms with Gasteiger partial charge in [0.1, 0.15) is 12.3 Å². The van der Waals surface area contributed by atoms with Gasteiger partial charge in [0.2, 0.25) is 5.91 Å². The van der Waals surface area contributed by atoms with Crippen LogP contribution < -0.4 is 16.0 Å². The molecule has 2 aliphatic rings. The molecule has 1 aromatic heterocycles. The third-order valence-electron chi connectivity index (χ3n) is 5.20. The van der Waals surface area contributed by atoms with Crippen molar-refractivity contribution in [1.82, 2.24) is 16.0 Å². The van der Waals surface area contributed by atoms with Crippen molar-refractivity contribution in [3.05, 3.63) is 24.2 Å². The maximum atomic E-state index is 12.1. The van der Waals surface area contributed by atoms with Crippen molar-refractivity contribution < 1.29 is 9.21 Å². The maximum absolute atomic E-state index is 12.1. The van der Waals surface area contributed by atoms with Crippen LogP contribution in [0.25, 0.3) is 0 Å². The van der Waals surface area contributed by atoms with Crippen LogP contribution in [0.1, 0.15) is 52.2 Å². The van der Waals surface area contributed by atoms with E-state index in [2.05, 4.69) is 20.9 Å². The lowest BCUT2D eigenvalue weighted by Gasteiger charge is -2.25. The fourth-order valence-corrected chi connectivity index (χ4v) is 4.12. The topological polar surface area (TPSA) is 78.7 Å². The van der Waals surface area contributed by atoms with E-state index in [1.165, 1.54) is 25.7 Å². The minimum atomic E-state index is -0.239. The highest BCUT2D eigenvalue weighted by Gasteiger charge is 2.39. The first-order valence-electron chi connectivity index (χ1n) is 9.77. The smallest absolute Gasteiger partial charge is 0.242 e. The van der Waals surface area contributed by atoms with Crippen molar-refractivity contribution >= 4 is 35.8 Å². The first-order chi connectivity index (χ1) is 12.4. The van der Waals surface area contributed by atoms with Crippen LogP contribution in [0.15, 0.2) is 27.8 Å². The minimum Gasteiger partial charge on any atom is -0.469 e. The molecule has 3 rings (SSSR count). The largest absolute Gasteiger partial charge is 0.469 e. The monoisotopic (exact) mass is 488 g/mol. The Bertz CT molecular complexity index is 624. The Morgan fingerprint density at radius 2 is 2.11 bits per heavy atom. The summed E-state index contributed by atoms with van der Waals surface area (Å²) in [6, 6.07) is 4.35. The Morgan fingerprint density at radius 1 is 1.30 bits per heavy atom. The molecule has 0 radical (unpaired) electrons. The van der Waals surface area contributed by atoms with Crippen LogP contribution in [-0.4, -0.2) is 36.5 Å². The van der Waals surface area contributed by atoms with Crippen LogP contribution in [0.2, 0.25) is 0 Å². The van der Waals surface area contributed by atoms with Crippen LogP contribution in [0.3, 0.4) is 0 Å². The summed E-state index contributed by atoms with van der Waals surface area (Å²) in [4.78, 5) is 16.6. The van der Waals surface area contributed by atoms with Crippen molar-refractivity contribution in [2.75, 3.05) is 13.1 Å². The Hall–Kier alpha value is -1.25. The second kappa shape index (κ2) is 9.80. The number of carbonyl (C=O) groups is 1. The number of fused-ring (bicyclic) bond motifs is 2. The van der Waals surface area contributed by atoms with Crippen LogP contribution in [-0.2, 0) is 11.2 Å². The Kier molecular flexibility index (Phi) is 8.00. The molecule has 3 N–H and O–H groups in total. The second-order valence-corrected chi connectivity index (χ2v) is 8.64. The van der Waals surface area contributed by atoms with Crippen LogP contribution in [0.4, 0.5) is 0 Å². The number of nitrogens with one attached hydrogen (secondary N) is 3. The van der Waals surface area contributed by atoms with E-state index in [0.29, 0.717) is 6.04 Å². The van der Waals surface area contributed by atoms with Gasteiger partial charge in [-0.3, -0.25) is 4.79 Å². The molecule has 0 aromatic carbocycles. The van der Waals surface area contributed by atoms with Gasteiger partial charge in [-0.25, -0.2) is 4.99 Å². The number of carbonyl (C=O) groups excluding carboxylic acids is 1. The van der Waals surface area contributed by atoms with Crippen LogP contribution in [0.5, 0.6) is 0 Å². The number of halogens is 1. The molecule has 1 aromatic rings. The van der Waals surface area contributed by atoms with E-state index >= 15 is 0 Å². The highest BCUT2D eigenvalue weighted by Crippen LogP contribution is 2.44. The molecule has 27 heavy (non-hydrogen) atoms. The van der Waals surface area contributed by atoms with Crippen molar-refractivity contribution in [1.29, 1.82) is 0 Å². The van der Waals surface area contributed by atoms with E-state index in [4.69, 9.17) is 4.42 Å². The fourth-order valence-electron chi connectivity index (χ4n) is 4.12. The lowest BCUT2D eigenvalue weighted by molar-refractivity contribution is -0.121. The van der Waals surface area contributed by atoms with Crippen molar-refractivity contribution in [3.63, 3.8) is 0 Å². The first kappa shape index (κ1) is 22.0. The molecule has 7 heteroatoms. The molecular formula is C20H33IN4O2. The van der Waals surface area contributed by atoms with Crippen molar-refractivity contribution in [3.8, 4) is 0 Å². The summed E-state index contributed by atoms with van der Waals surface area (Å²) in [6.45, 7) is 6.79. The van der Waals surface area contributed by atoms with E-state index in [-0.39, 0.29) is 42.0 Å². The summed E-state index contributed by atoms with van der Waals surface area (Å²) in [7, 11) is 0. The normalized spacial score (nSPS) is 24.4. The molecule has 2 fully saturated rings. The van der Waals surface area contributed by atoms with E-state index < -0.39 is 0 Å². The lowest BCUT2D eigenvalue weighted by Crippen LogP contribution is -2.47. The third kappa shape index (κ3) is 7.01. The van der Waals surface area contributed by atoms with Gasteiger partial charge in [0.25, 0.3) is 0 Å². The molecule has 152 valence electrons. The average molecular weight is 488 g/mol. The fraction of sp³-hybridized carbons (Fsp3) is 0.700. The maximum Gasteiger partial charge on any atom is 0.242 e. The number of hydrogen-bond acceptors (Lipinski definition) is 3. The van der Waals surface area contributed by atoms with E-state index in [1.807, 2.05) is 32.9 Å². The predicted octanol–water partition coefficient (Wildman–Crippen LogP) is 3.08. The second-order valence-electron chi connectivity index (χ2n) is 8.64.